The first-order chi connectivity index (χ1) is 16.6. The molecular formula is C28H30N4O2. The number of para-hydroxylation sites is 2. The number of benzene rings is 3. The lowest BCUT2D eigenvalue weighted by atomic mass is 10.1. The largest absolute Gasteiger partial charge is 0.342 e. The van der Waals surface area contributed by atoms with Crippen molar-refractivity contribution in [1.82, 2.24) is 10.2 Å². The summed E-state index contributed by atoms with van der Waals surface area (Å²) in [6.45, 7) is 3.33. The zero-order chi connectivity index (χ0) is 23.8. The van der Waals surface area contributed by atoms with Crippen molar-refractivity contribution >= 4 is 29.0 Å². The molecular weight excluding hydrogens is 424 g/mol. The molecule has 0 aromatic heterocycles. The summed E-state index contributed by atoms with van der Waals surface area (Å²) in [6.07, 6.45) is 3.03. The first-order valence-corrected chi connectivity index (χ1v) is 11.7. The van der Waals surface area contributed by atoms with Crippen LogP contribution in [0.15, 0.2) is 89.9 Å². The van der Waals surface area contributed by atoms with Gasteiger partial charge in [-0.05, 0) is 62.6 Å². The number of hydrogen-bond donors (Lipinski definition) is 2. The number of nitrogens with one attached hydrogen (secondary N) is 2. The lowest BCUT2D eigenvalue weighted by molar-refractivity contribution is -0.132. The number of aliphatic imine (C=N–C) groups is 1. The second-order valence-corrected chi connectivity index (χ2v) is 8.48. The number of aryl methyl sites for hydroxylation is 1. The fraction of sp³-hybridized carbons (Fsp3) is 0.250. The van der Waals surface area contributed by atoms with Gasteiger partial charge in [-0.3, -0.25) is 9.59 Å². The second kappa shape index (κ2) is 11.3. The smallest absolute Gasteiger partial charge is 0.253 e. The minimum atomic E-state index is -0.952. The van der Waals surface area contributed by atoms with Crippen molar-refractivity contribution in [3.8, 4) is 0 Å². The van der Waals surface area contributed by atoms with E-state index >= 15 is 0 Å². The molecule has 6 nitrogen and oxygen atoms in total. The summed E-state index contributed by atoms with van der Waals surface area (Å²) >= 11 is 0. The molecule has 0 saturated carbocycles. The zero-order valence-corrected chi connectivity index (χ0v) is 19.4. The van der Waals surface area contributed by atoms with E-state index in [1.165, 1.54) is 0 Å². The maximum atomic E-state index is 13.7. The number of hydrogen-bond acceptors (Lipinski definition) is 3. The standard InChI is InChI=1S/C28H30N4O2/c1-21-15-17-22(18-16-21)27(33)31-25(28(34)32-19-9-4-10-20-32)26(29-23-11-5-2-6-12-23)30-24-13-7-3-8-14-24/h2-3,5-8,11-18,25H,4,9-10,19-20H2,1H3,(H,29,30)(H,31,33)/t25-/m0/s1. The first kappa shape index (κ1) is 23.2. The number of carbonyl (C=O) groups excluding carboxylic acids is 2. The molecule has 0 bridgehead atoms. The van der Waals surface area contributed by atoms with Gasteiger partial charge in [0.05, 0.1) is 5.69 Å². The van der Waals surface area contributed by atoms with Crippen LogP contribution in [0.3, 0.4) is 0 Å². The quantitative estimate of drug-likeness (QED) is 0.409. The molecule has 0 radical (unpaired) electrons. The Morgan fingerprint density at radius 3 is 2.09 bits per heavy atom. The van der Waals surface area contributed by atoms with E-state index in [1.807, 2.05) is 84.6 Å². The van der Waals surface area contributed by atoms with Crippen LogP contribution in [0.5, 0.6) is 0 Å². The molecule has 1 heterocycles. The number of rotatable bonds is 6. The SMILES string of the molecule is Cc1ccc(C(=O)N[C@H](C(=O)N2CCCCC2)C(=Nc2ccccc2)Nc2ccccc2)cc1. The van der Waals surface area contributed by atoms with Gasteiger partial charge in [-0.15, -0.1) is 0 Å². The van der Waals surface area contributed by atoms with E-state index in [-0.39, 0.29) is 11.8 Å². The van der Waals surface area contributed by atoms with E-state index in [1.54, 1.807) is 12.1 Å². The molecule has 34 heavy (non-hydrogen) atoms. The highest BCUT2D eigenvalue weighted by Crippen LogP contribution is 2.17. The third-order valence-electron chi connectivity index (χ3n) is 5.83. The van der Waals surface area contributed by atoms with Crippen molar-refractivity contribution in [3.63, 3.8) is 0 Å². The Kier molecular flexibility index (Phi) is 7.71. The Labute approximate surface area is 200 Å². The van der Waals surface area contributed by atoms with E-state index < -0.39 is 6.04 Å². The molecule has 1 aliphatic rings. The van der Waals surface area contributed by atoms with Gasteiger partial charge >= 0.3 is 0 Å². The maximum absolute atomic E-state index is 13.7. The zero-order valence-electron chi connectivity index (χ0n) is 19.4. The molecule has 1 aliphatic heterocycles. The number of piperidine rings is 1. The average Bonchev–Trinajstić information content (AvgIpc) is 2.88. The van der Waals surface area contributed by atoms with Gasteiger partial charge < -0.3 is 15.5 Å². The third kappa shape index (κ3) is 6.10. The van der Waals surface area contributed by atoms with Gasteiger partial charge in [0, 0.05) is 24.3 Å². The number of amides is 2. The van der Waals surface area contributed by atoms with Crippen LogP contribution in [-0.2, 0) is 4.79 Å². The van der Waals surface area contributed by atoms with Crippen LogP contribution in [0.25, 0.3) is 0 Å². The normalized spacial score (nSPS) is 14.9. The van der Waals surface area contributed by atoms with Crippen LogP contribution in [-0.4, -0.2) is 41.7 Å². The topological polar surface area (TPSA) is 73.8 Å². The molecule has 3 aromatic carbocycles. The predicted octanol–water partition coefficient (Wildman–Crippen LogP) is 4.95. The van der Waals surface area contributed by atoms with Crippen LogP contribution in [0, 0.1) is 6.92 Å². The maximum Gasteiger partial charge on any atom is 0.253 e. The summed E-state index contributed by atoms with van der Waals surface area (Å²) in [4.78, 5) is 33.5. The molecule has 174 valence electrons. The minimum Gasteiger partial charge on any atom is -0.342 e. The molecule has 1 fully saturated rings. The van der Waals surface area contributed by atoms with Gasteiger partial charge in [0.2, 0.25) is 0 Å². The highest BCUT2D eigenvalue weighted by atomic mass is 16.2. The van der Waals surface area contributed by atoms with Gasteiger partial charge in [-0.2, -0.15) is 0 Å². The highest BCUT2D eigenvalue weighted by Gasteiger charge is 2.32. The number of nitrogens with zero attached hydrogens (tertiary/aromatic N) is 2. The Balaban J connectivity index is 1.71. The summed E-state index contributed by atoms with van der Waals surface area (Å²) < 4.78 is 0. The van der Waals surface area contributed by atoms with Gasteiger partial charge in [0.25, 0.3) is 11.8 Å². The molecule has 6 heteroatoms. The number of anilines is 1. The van der Waals surface area contributed by atoms with E-state index in [2.05, 4.69) is 10.6 Å². The van der Waals surface area contributed by atoms with Crippen molar-refractivity contribution in [3.05, 3.63) is 96.1 Å². The molecule has 1 atom stereocenters. The fourth-order valence-corrected chi connectivity index (χ4v) is 3.94. The highest BCUT2D eigenvalue weighted by molar-refractivity contribution is 6.16. The Hall–Kier alpha value is -3.93. The number of amidine groups is 1. The Morgan fingerprint density at radius 2 is 1.44 bits per heavy atom. The van der Waals surface area contributed by atoms with Gasteiger partial charge in [-0.1, -0.05) is 54.1 Å². The number of carbonyl (C=O) groups is 2. The molecule has 1 saturated heterocycles. The van der Waals surface area contributed by atoms with Crippen LogP contribution < -0.4 is 10.6 Å². The van der Waals surface area contributed by atoms with Crippen molar-refractivity contribution in [1.29, 1.82) is 0 Å². The fourth-order valence-electron chi connectivity index (χ4n) is 3.94. The van der Waals surface area contributed by atoms with Crippen molar-refractivity contribution in [2.24, 2.45) is 4.99 Å². The summed E-state index contributed by atoms with van der Waals surface area (Å²) in [5.41, 5.74) is 3.05. The summed E-state index contributed by atoms with van der Waals surface area (Å²) in [6, 6.07) is 25.4. The summed E-state index contributed by atoms with van der Waals surface area (Å²) in [5.74, 6) is -0.0855. The molecule has 3 aromatic rings. The molecule has 2 amide bonds. The van der Waals surface area contributed by atoms with Crippen molar-refractivity contribution in [2.45, 2.75) is 32.2 Å². The van der Waals surface area contributed by atoms with Crippen LogP contribution >= 0.6 is 0 Å². The van der Waals surface area contributed by atoms with Crippen molar-refractivity contribution in [2.75, 3.05) is 18.4 Å². The van der Waals surface area contributed by atoms with E-state index in [0.717, 1.165) is 30.5 Å². The first-order valence-electron chi connectivity index (χ1n) is 11.7. The average molecular weight is 455 g/mol. The summed E-state index contributed by atoms with van der Waals surface area (Å²) in [5, 5.41) is 6.27. The molecule has 0 unspecified atom stereocenters. The van der Waals surface area contributed by atoms with Gasteiger partial charge in [-0.25, -0.2) is 4.99 Å². The van der Waals surface area contributed by atoms with Crippen LogP contribution in [0.1, 0.15) is 35.2 Å². The van der Waals surface area contributed by atoms with Crippen molar-refractivity contribution < 1.29 is 9.59 Å². The van der Waals surface area contributed by atoms with Crippen LogP contribution in [0.2, 0.25) is 0 Å². The van der Waals surface area contributed by atoms with Gasteiger partial charge in [0.15, 0.2) is 6.04 Å². The Morgan fingerprint density at radius 1 is 0.824 bits per heavy atom. The van der Waals surface area contributed by atoms with E-state index in [0.29, 0.717) is 30.2 Å². The molecule has 4 rings (SSSR count). The Bertz CT molecular complexity index is 1120. The monoisotopic (exact) mass is 454 g/mol. The molecule has 2 N–H and O–H groups in total. The minimum absolute atomic E-state index is 0.154. The summed E-state index contributed by atoms with van der Waals surface area (Å²) in [7, 11) is 0. The lowest BCUT2D eigenvalue weighted by Gasteiger charge is -2.31. The third-order valence-corrected chi connectivity index (χ3v) is 5.83. The second-order valence-electron chi connectivity index (χ2n) is 8.48. The predicted molar refractivity (Wildman–Crippen MR) is 136 cm³/mol. The number of likely N-dealkylation sites (tertiary alicyclic amines) is 1. The van der Waals surface area contributed by atoms with E-state index in [9.17, 15) is 9.59 Å². The lowest BCUT2D eigenvalue weighted by Crippen LogP contribution is -2.55. The van der Waals surface area contributed by atoms with Gasteiger partial charge in [0.1, 0.15) is 5.84 Å². The molecule has 0 spiro atoms. The van der Waals surface area contributed by atoms with E-state index in [4.69, 9.17) is 4.99 Å². The van der Waals surface area contributed by atoms with Crippen LogP contribution in [0.4, 0.5) is 11.4 Å². The molecule has 0 aliphatic carbocycles.